The molecule has 0 spiro atoms. The topological polar surface area (TPSA) is 12.0 Å². The van der Waals surface area contributed by atoms with Crippen LogP contribution in [0.4, 0.5) is 0 Å². The van der Waals surface area contributed by atoms with Crippen molar-refractivity contribution in [2.45, 2.75) is 40.8 Å². The summed E-state index contributed by atoms with van der Waals surface area (Å²) in [5, 5.41) is 3.53. The Morgan fingerprint density at radius 2 is 1.72 bits per heavy atom. The Kier molecular flexibility index (Phi) is 4.20. The number of thiophene rings is 1. The molecular weight excluding hydrogens is 238 g/mol. The minimum atomic E-state index is 0.947. The van der Waals surface area contributed by atoms with Crippen molar-refractivity contribution in [2.75, 3.05) is 0 Å². The van der Waals surface area contributed by atoms with Gasteiger partial charge in [0.2, 0.25) is 0 Å². The highest BCUT2D eigenvalue weighted by molar-refractivity contribution is 7.12. The zero-order valence-corrected chi connectivity index (χ0v) is 12.4. The van der Waals surface area contributed by atoms with Gasteiger partial charge in [-0.2, -0.15) is 0 Å². The van der Waals surface area contributed by atoms with Crippen LogP contribution in [0, 0.1) is 27.7 Å². The number of rotatable bonds is 4. The molecule has 0 saturated heterocycles. The van der Waals surface area contributed by atoms with Crippen molar-refractivity contribution < 1.29 is 0 Å². The van der Waals surface area contributed by atoms with Crippen molar-refractivity contribution in [1.29, 1.82) is 0 Å². The molecule has 2 rings (SSSR count). The van der Waals surface area contributed by atoms with Gasteiger partial charge in [-0.15, -0.1) is 11.3 Å². The molecule has 2 aromatic rings. The Bertz CT molecular complexity index is 521. The highest BCUT2D eigenvalue weighted by Crippen LogP contribution is 2.20. The standard InChI is InChI=1S/C16H21NS/c1-11-5-6-15(13(3)7-11)9-17-10-16-8-12(2)14(4)18-16/h5-8,17H,9-10H2,1-4H3. The van der Waals surface area contributed by atoms with Crippen molar-refractivity contribution in [3.05, 3.63) is 56.3 Å². The Morgan fingerprint density at radius 1 is 0.944 bits per heavy atom. The van der Waals surface area contributed by atoms with Gasteiger partial charge in [-0.1, -0.05) is 23.8 Å². The third-order valence-electron chi connectivity index (χ3n) is 3.33. The van der Waals surface area contributed by atoms with Gasteiger partial charge in [0.1, 0.15) is 0 Å². The predicted octanol–water partition coefficient (Wildman–Crippen LogP) is 4.27. The molecule has 0 saturated carbocycles. The van der Waals surface area contributed by atoms with Crippen molar-refractivity contribution in [3.63, 3.8) is 0 Å². The van der Waals surface area contributed by atoms with E-state index in [1.165, 1.54) is 32.0 Å². The molecule has 0 bridgehead atoms. The molecule has 0 radical (unpaired) electrons. The van der Waals surface area contributed by atoms with Gasteiger partial charge in [0.25, 0.3) is 0 Å². The zero-order chi connectivity index (χ0) is 13.1. The molecule has 1 aromatic heterocycles. The Balaban J connectivity index is 1.92. The second-order valence-corrected chi connectivity index (χ2v) is 6.33. The minimum absolute atomic E-state index is 0.947. The number of aryl methyl sites for hydroxylation is 4. The molecule has 0 fully saturated rings. The fourth-order valence-corrected chi connectivity index (χ4v) is 3.12. The molecule has 0 aliphatic rings. The smallest absolute Gasteiger partial charge is 0.0303 e. The third kappa shape index (κ3) is 3.21. The first-order valence-electron chi connectivity index (χ1n) is 6.39. The molecule has 0 amide bonds. The summed E-state index contributed by atoms with van der Waals surface area (Å²) in [6.45, 7) is 10.6. The summed E-state index contributed by atoms with van der Waals surface area (Å²) in [7, 11) is 0. The van der Waals surface area contributed by atoms with Crippen LogP contribution in [0.3, 0.4) is 0 Å². The summed E-state index contributed by atoms with van der Waals surface area (Å²) in [6.07, 6.45) is 0. The molecular formula is C16H21NS. The van der Waals surface area contributed by atoms with Crippen LogP contribution >= 0.6 is 11.3 Å². The average molecular weight is 259 g/mol. The average Bonchev–Trinajstić information content (AvgIpc) is 2.61. The fraction of sp³-hybridized carbons (Fsp3) is 0.375. The second-order valence-electron chi connectivity index (χ2n) is 4.99. The molecule has 1 aromatic carbocycles. The third-order valence-corrected chi connectivity index (χ3v) is 4.48. The highest BCUT2D eigenvalue weighted by Gasteiger charge is 2.02. The summed E-state index contributed by atoms with van der Waals surface area (Å²) < 4.78 is 0. The van der Waals surface area contributed by atoms with Gasteiger partial charge < -0.3 is 5.32 Å². The van der Waals surface area contributed by atoms with E-state index >= 15 is 0 Å². The normalized spacial score (nSPS) is 10.9. The van der Waals surface area contributed by atoms with Gasteiger partial charge >= 0.3 is 0 Å². The van der Waals surface area contributed by atoms with Crippen LogP contribution in [0.1, 0.15) is 32.0 Å². The van der Waals surface area contributed by atoms with Crippen LogP contribution in [-0.2, 0) is 13.1 Å². The van der Waals surface area contributed by atoms with E-state index < -0.39 is 0 Å². The van der Waals surface area contributed by atoms with E-state index in [9.17, 15) is 0 Å². The van der Waals surface area contributed by atoms with Crippen LogP contribution < -0.4 is 5.32 Å². The van der Waals surface area contributed by atoms with E-state index in [1.807, 2.05) is 11.3 Å². The number of hydrogen-bond acceptors (Lipinski definition) is 2. The van der Waals surface area contributed by atoms with E-state index in [4.69, 9.17) is 0 Å². The maximum absolute atomic E-state index is 3.53. The van der Waals surface area contributed by atoms with E-state index in [0.717, 1.165) is 13.1 Å². The lowest BCUT2D eigenvalue weighted by molar-refractivity contribution is 0.698. The molecule has 18 heavy (non-hydrogen) atoms. The van der Waals surface area contributed by atoms with Crippen LogP contribution in [0.5, 0.6) is 0 Å². The number of nitrogens with one attached hydrogen (secondary N) is 1. The van der Waals surface area contributed by atoms with Crippen LogP contribution in [0.25, 0.3) is 0 Å². The van der Waals surface area contributed by atoms with E-state index in [2.05, 4.69) is 57.3 Å². The second kappa shape index (κ2) is 5.68. The summed E-state index contributed by atoms with van der Waals surface area (Å²) in [5.74, 6) is 0. The zero-order valence-electron chi connectivity index (χ0n) is 11.6. The summed E-state index contributed by atoms with van der Waals surface area (Å²) >= 11 is 1.89. The lowest BCUT2D eigenvalue weighted by atomic mass is 10.1. The summed E-state index contributed by atoms with van der Waals surface area (Å²) in [5.41, 5.74) is 5.51. The Hall–Kier alpha value is -1.12. The van der Waals surface area contributed by atoms with Crippen molar-refractivity contribution in [2.24, 2.45) is 0 Å². The van der Waals surface area contributed by atoms with Gasteiger partial charge in [0, 0.05) is 22.8 Å². The first kappa shape index (κ1) is 13.3. The molecule has 1 nitrogen and oxygen atoms in total. The fourth-order valence-electron chi connectivity index (χ4n) is 2.10. The lowest BCUT2D eigenvalue weighted by Crippen LogP contribution is -2.12. The molecule has 0 unspecified atom stereocenters. The predicted molar refractivity (Wildman–Crippen MR) is 80.3 cm³/mol. The summed E-state index contributed by atoms with van der Waals surface area (Å²) in [4.78, 5) is 2.85. The highest BCUT2D eigenvalue weighted by atomic mass is 32.1. The van der Waals surface area contributed by atoms with Crippen molar-refractivity contribution >= 4 is 11.3 Å². The molecule has 1 heterocycles. The molecule has 0 aliphatic heterocycles. The maximum atomic E-state index is 3.53. The Morgan fingerprint density at radius 3 is 2.33 bits per heavy atom. The van der Waals surface area contributed by atoms with E-state index in [0.29, 0.717) is 0 Å². The molecule has 1 N–H and O–H groups in total. The molecule has 96 valence electrons. The van der Waals surface area contributed by atoms with Crippen LogP contribution in [-0.4, -0.2) is 0 Å². The van der Waals surface area contributed by atoms with Gasteiger partial charge in [-0.05, 0) is 50.5 Å². The SMILES string of the molecule is Cc1ccc(CNCc2cc(C)c(C)s2)c(C)c1. The lowest BCUT2D eigenvalue weighted by Gasteiger charge is -2.07. The first-order chi connectivity index (χ1) is 8.56. The molecule has 2 heteroatoms. The molecule has 0 aliphatic carbocycles. The van der Waals surface area contributed by atoms with Crippen molar-refractivity contribution in [3.8, 4) is 0 Å². The number of benzene rings is 1. The largest absolute Gasteiger partial charge is 0.308 e. The van der Waals surface area contributed by atoms with Crippen molar-refractivity contribution in [1.82, 2.24) is 5.32 Å². The summed E-state index contributed by atoms with van der Waals surface area (Å²) in [6, 6.07) is 8.94. The monoisotopic (exact) mass is 259 g/mol. The minimum Gasteiger partial charge on any atom is -0.308 e. The Labute approximate surface area is 114 Å². The maximum Gasteiger partial charge on any atom is 0.0303 e. The van der Waals surface area contributed by atoms with Gasteiger partial charge in [-0.3, -0.25) is 0 Å². The van der Waals surface area contributed by atoms with E-state index in [-0.39, 0.29) is 0 Å². The number of hydrogen-bond donors (Lipinski definition) is 1. The van der Waals surface area contributed by atoms with Gasteiger partial charge in [0.05, 0.1) is 0 Å². The van der Waals surface area contributed by atoms with E-state index in [1.54, 1.807) is 0 Å². The van der Waals surface area contributed by atoms with Gasteiger partial charge in [0.15, 0.2) is 0 Å². The van der Waals surface area contributed by atoms with Gasteiger partial charge in [-0.25, -0.2) is 0 Å². The molecule has 0 atom stereocenters. The first-order valence-corrected chi connectivity index (χ1v) is 7.20. The quantitative estimate of drug-likeness (QED) is 0.864. The van der Waals surface area contributed by atoms with Crippen LogP contribution in [0.2, 0.25) is 0 Å². The van der Waals surface area contributed by atoms with Crippen LogP contribution in [0.15, 0.2) is 24.3 Å².